The summed E-state index contributed by atoms with van der Waals surface area (Å²) in [6, 6.07) is 2.16. The lowest BCUT2D eigenvalue weighted by molar-refractivity contribution is 0.855. The van der Waals surface area contributed by atoms with Crippen LogP contribution in [0.5, 0.6) is 0 Å². The van der Waals surface area contributed by atoms with Gasteiger partial charge in [0.15, 0.2) is 0 Å². The van der Waals surface area contributed by atoms with Crippen LogP contribution in [0.1, 0.15) is 31.0 Å². The van der Waals surface area contributed by atoms with Crippen LogP contribution in [-0.4, -0.2) is 9.97 Å². The minimum atomic E-state index is 0.536. The van der Waals surface area contributed by atoms with Crippen LogP contribution >= 0.6 is 22.6 Å². The Morgan fingerprint density at radius 1 is 1.43 bits per heavy atom. The molecule has 2 aromatic heterocycles. The van der Waals surface area contributed by atoms with Crippen molar-refractivity contribution in [1.82, 2.24) is 9.97 Å². The van der Waals surface area contributed by atoms with Crippen molar-refractivity contribution in [2.24, 2.45) is 0 Å². The summed E-state index contributed by atoms with van der Waals surface area (Å²) >= 11 is 2.41. The number of hydrogen-bond acceptors (Lipinski definition) is 1. The van der Waals surface area contributed by atoms with E-state index in [9.17, 15) is 0 Å². The second kappa shape index (κ2) is 3.53. The van der Waals surface area contributed by atoms with Gasteiger partial charge < -0.3 is 4.98 Å². The van der Waals surface area contributed by atoms with Crippen molar-refractivity contribution >= 4 is 33.6 Å². The van der Waals surface area contributed by atoms with E-state index in [2.05, 4.69) is 59.4 Å². The highest BCUT2D eigenvalue weighted by molar-refractivity contribution is 14.1. The lowest BCUT2D eigenvalue weighted by Gasteiger charge is -2.07. The number of aryl methyl sites for hydroxylation is 1. The molecule has 14 heavy (non-hydrogen) atoms. The van der Waals surface area contributed by atoms with Crippen LogP contribution in [-0.2, 0) is 0 Å². The molecule has 2 nitrogen and oxygen atoms in total. The van der Waals surface area contributed by atoms with Crippen molar-refractivity contribution in [3.63, 3.8) is 0 Å². The highest BCUT2D eigenvalue weighted by atomic mass is 127. The lowest BCUT2D eigenvalue weighted by Crippen LogP contribution is -1.93. The Hall–Kier alpha value is -0.580. The molecule has 0 bridgehead atoms. The molecule has 3 heteroatoms. The van der Waals surface area contributed by atoms with Gasteiger partial charge >= 0.3 is 0 Å². The number of pyridine rings is 1. The van der Waals surface area contributed by atoms with Crippen molar-refractivity contribution in [1.29, 1.82) is 0 Å². The molecule has 1 N–H and O–H groups in total. The summed E-state index contributed by atoms with van der Waals surface area (Å²) in [5.41, 5.74) is 3.50. The molecule has 0 fully saturated rings. The largest absolute Gasteiger partial charge is 0.344 e. The van der Waals surface area contributed by atoms with Gasteiger partial charge in [-0.25, -0.2) is 4.98 Å². The quantitative estimate of drug-likeness (QED) is 0.801. The van der Waals surface area contributed by atoms with E-state index in [1.165, 1.54) is 20.2 Å². The normalized spacial score (nSPS) is 11.5. The standard InChI is InChI=1S/C11H13IN2/c1-6(2)9-5-13-11-8(10(9)12)4-7(3)14-11/h4-6H,1-3H3,(H,13,14). The Labute approximate surface area is 97.3 Å². The Morgan fingerprint density at radius 2 is 2.14 bits per heavy atom. The van der Waals surface area contributed by atoms with E-state index in [1.54, 1.807) is 0 Å². The van der Waals surface area contributed by atoms with Crippen LogP contribution in [0.3, 0.4) is 0 Å². The van der Waals surface area contributed by atoms with Gasteiger partial charge in [-0.1, -0.05) is 13.8 Å². The molecule has 2 aromatic rings. The predicted molar refractivity (Wildman–Crippen MR) is 67.6 cm³/mol. The van der Waals surface area contributed by atoms with Crippen LogP contribution in [0.15, 0.2) is 12.3 Å². The highest BCUT2D eigenvalue weighted by Crippen LogP contribution is 2.27. The van der Waals surface area contributed by atoms with Crippen LogP contribution in [0.2, 0.25) is 0 Å². The Morgan fingerprint density at radius 3 is 2.79 bits per heavy atom. The zero-order valence-electron chi connectivity index (χ0n) is 8.56. The van der Waals surface area contributed by atoms with E-state index in [4.69, 9.17) is 0 Å². The molecule has 0 radical (unpaired) electrons. The first kappa shape index (κ1) is 9.96. The van der Waals surface area contributed by atoms with E-state index in [0.29, 0.717) is 5.92 Å². The van der Waals surface area contributed by atoms with Gasteiger partial charge in [-0.2, -0.15) is 0 Å². The van der Waals surface area contributed by atoms with E-state index in [1.807, 2.05) is 6.20 Å². The number of hydrogen-bond donors (Lipinski definition) is 1. The molecule has 0 aromatic carbocycles. The van der Waals surface area contributed by atoms with E-state index < -0.39 is 0 Å². The maximum absolute atomic E-state index is 4.42. The number of halogens is 1. The predicted octanol–water partition coefficient (Wildman–Crippen LogP) is 3.60. The van der Waals surface area contributed by atoms with Crippen molar-refractivity contribution in [2.75, 3.05) is 0 Å². The maximum Gasteiger partial charge on any atom is 0.138 e. The summed E-state index contributed by atoms with van der Waals surface area (Å²) in [6.45, 7) is 6.46. The van der Waals surface area contributed by atoms with Crippen LogP contribution in [0.25, 0.3) is 11.0 Å². The molecular weight excluding hydrogens is 287 g/mol. The number of nitrogens with zero attached hydrogens (tertiary/aromatic N) is 1. The molecule has 0 aliphatic carbocycles. The first-order valence-corrected chi connectivity index (χ1v) is 5.81. The van der Waals surface area contributed by atoms with Crippen molar-refractivity contribution in [3.8, 4) is 0 Å². The summed E-state index contributed by atoms with van der Waals surface area (Å²) < 4.78 is 1.33. The van der Waals surface area contributed by atoms with Crippen molar-refractivity contribution in [2.45, 2.75) is 26.7 Å². The van der Waals surface area contributed by atoms with E-state index in [-0.39, 0.29) is 0 Å². The van der Waals surface area contributed by atoms with Crippen molar-refractivity contribution < 1.29 is 0 Å². The summed E-state index contributed by atoms with van der Waals surface area (Å²) in [5, 5.41) is 1.24. The van der Waals surface area contributed by atoms with Gasteiger partial charge in [0.25, 0.3) is 0 Å². The summed E-state index contributed by atoms with van der Waals surface area (Å²) in [5.74, 6) is 0.536. The van der Waals surface area contributed by atoms with E-state index >= 15 is 0 Å². The van der Waals surface area contributed by atoms with Crippen LogP contribution in [0.4, 0.5) is 0 Å². The smallest absolute Gasteiger partial charge is 0.138 e. The SMILES string of the molecule is Cc1cc2c(I)c(C(C)C)cnc2[nH]1. The third-order valence-corrected chi connectivity index (χ3v) is 3.58. The molecule has 0 saturated carbocycles. The molecule has 0 atom stereocenters. The Kier molecular flexibility index (Phi) is 2.51. The fourth-order valence-electron chi connectivity index (χ4n) is 1.59. The summed E-state index contributed by atoms with van der Waals surface area (Å²) in [7, 11) is 0. The van der Waals surface area contributed by atoms with Gasteiger partial charge in [0, 0.05) is 20.8 Å². The molecule has 0 aliphatic rings. The first-order valence-electron chi connectivity index (χ1n) is 4.73. The molecule has 0 amide bonds. The van der Waals surface area contributed by atoms with Gasteiger partial charge in [-0.05, 0) is 47.1 Å². The van der Waals surface area contributed by atoms with E-state index in [0.717, 1.165) is 5.65 Å². The molecule has 0 aliphatic heterocycles. The number of aromatic amines is 1. The Bertz CT molecular complexity index is 471. The van der Waals surface area contributed by atoms with Crippen LogP contribution in [0, 0.1) is 10.5 Å². The molecule has 2 rings (SSSR count). The second-order valence-corrected chi connectivity index (χ2v) is 4.98. The van der Waals surface area contributed by atoms with Crippen molar-refractivity contribution in [3.05, 3.63) is 27.1 Å². The molecular formula is C11H13IN2. The number of rotatable bonds is 1. The third kappa shape index (κ3) is 1.54. The van der Waals surface area contributed by atoms with Gasteiger partial charge in [0.2, 0.25) is 0 Å². The monoisotopic (exact) mass is 300 g/mol. The first-order chi connectivity index (χ1) is 6.59. The highest BCUT2D eigenvalue weighted by Gasteiger charge is 2.10. The maximum atomic E-state index is 4.42. The fourth-order valence-corrected chi connectivity index (χ4v) is 2.77. The summed E-state index contributed by atoms with van der Waals surface area (Å²) in [4.78, 5) is 7.67. The minimum absolute atomic E-state index is 0.536. The zero-order valence-corrected chi connectivity index (χ0v) is 10.7. The van der Waals surface area contributed by atoms with Gasteiger partial charge in [-0.3, -0.25) is 0 Å². The second-order valence-electron chi connectivity index (χ2n) is 3.90. The van der Waals surface area contributed by atoms with Gasteiger partial charge in [0.1, 0.15) is 5.65 Å². The number of H-pyrrole nitrogens is 1. The van der Waals surface area contributed by atoms with Crippen LogP contribution < -0.4 is 0 Å². The molecule has 2 heterocycles. The number of nitrogens with one attached hydrogen (secondary N) is 1. The lowest BCUT2D eigenvalue weighted by atomic mass is 10.1. The topological polar surface area (TPSA) is 28.7 Å². The molecule has 74 valence electrons. The Balaban J connectivity index is 2.74. The summed E-state index contributed by atoms with van der Waals surface area (Å²) in [6.07, 6.45) is 1.98. The number of aromatic nitrogens is 2. The third-order valence-electron chi connectivity index (χ3n) is 2.38. The number of fused-ring (bicyclic) bond motifs is 1. The zero-order chi connectivity index (χ0) is 10.3. The average Bonchev–Trinajstić information content (AvgIpc) is 2.46. The van der Waals surface area contributed by atoms with Gasteiger partial charge in [0.05, 0.1) is 0 Å². The molecule has 0 spiro atoms. The molecule has 0 saturated heterocycles. The fraction of sp³-hybridized carbons (Fsp3) is 0.364. The molecule has 0 unspecified atom stereocenters. The average molecular weight is 300 g/mol. The minimum Gasteiger partial charge on any atom is -0.344 e. The van der Waals surface area contributed by atoms with Gasteiger partial charge in [-0.15, -0.1) is 0 Å².